The molecular weight excluding hydrogens is 392 g/mol. The molecule has 0 aliphatic carbocycles. The lowest BCUT2D eigenvalue weighted by atomic mass is 10.2. The molecule has 156 valence electrons. The van der Waals surface area contributed by atoms with Crippen molar-refractivity contribution in [3.8, 4) is 17.2 Å². The standard InChI is InChI=1S/C21H26N2O5S/c1-3-23-15-16(28-19-8-5-4-7-18(19)23)14-22(2)29(24,25)17-9-10-20-21(13-17)27-12-6-11-26-20/h4-5,7-10,13,16H,3,6,11-12,14-15H2,1-2H3/t16-/m0/s1. The van der Waals surface area contributed by atoms with Crippen LogP contribution in [0.5, 0.6) is 17.2 Å². The molecule has 0 spiro atoms. The quantitative estimate of drug-likeness (QED) is 0.744. The first-order chi connectivity index (χ1) is 14.0. The van der Waals surface area contributed by atoms with Crippen LogP contribution in [0, 0.1) is 0 Å². The summed E-state index contributed by atoms with van der Waals surface area (Å²) in [6, 6.07) is 12.6. The highest BCUT2D eigenvalue weighted by atomic mass is 32.2. The number of benzene rings is 2. The van der Waals surface area contributed by atoms with Gasteiger partial charge in [-0.05, 0) is 31.2 Å². The molecule has 8 heteroatoms. The second-order valence-electron chi connectivity index (χ2n) is 7.19. The fourth-order valence-electron chi connectivity index (χ4n) is 3.64. The zero-order chi connectivity index (χ0) is 20.4. The highest BCUT2D eigenvalue weighted by Crippen LogP contribution is 2.34. The predicted octanol–water partition coefficient (Wildman–Crippen LogP) is 2.76. The lowest BCUT2D eigenvalue weighted by Gasteiger charge is -2.37. The summed E-state index contributed by atoms with van der Waals surface area (Å²) in [6.45, 7) is 4.87. The van der Waals surface area contributed by atoms with Crippen molar-refractivity contribution in [2.45, 2.75) is 24.3 Å². The molecule has 2 aromatic carbocycles. The van der Waals surface area contributed by atoms with Crippen molar-refractivity contribution in [3.63, 3.8) is 0 Å². The van der Waals surface area contributed by atoms with Crippen LogP contribution in [-0.2, 0) is 10.0 Å². The van der Waals surface area contributed by atoms with E-state index in [4.69, 9.17) is 14.2 Å². The molecule has 0 N–H and O–H groups in total. The molecule has 0 aromatic heterocycles. The van der Waals surface area contributed by atoms with Gasteiger partial charge in [-0.1, -0.05) is 12.1 Å². The van der Waals surface area contributed by atoms with Crippen molar-refractivity contribution in [3.05, 3.63) is 42.5 Å². The normalized spacial score (nSPS) is 18.7. The Morgan fingerprint density at radius 2 is 1.83 bits per heavy atom. The Morgan fingerprint density at radius 3 is 2.62 bits per heavy atom. The average Bonchev–Trinajstić information content (AvgIpc) is 2.97. The Kier molecular flexibility index (Phi) is 5.56. The van der Waals surface area contributed by atoms with Crippen molar-refractivity contribution < 1.29 is 22.6 Å². The predicted molar refractivity (Wildman–Crippen MR) is 111 cm³/mol. The first-order valence-electron chi connectivity index (χ1n) is 9.85. The van der Waals surface area contributed by atoms with Crippen molar-refractivity contribution >= 4 is 15.7 Å². The van der Waals surface area contributed by atoms with Crippen LogP contribution in [0.4, 0.5) is 5.69 Å². The molecule has 0 fully saturated rings. The number of rotatable bonds is 5. The van der Waals surface area contributed by atoms with E-state index < -0.39 is 10.0 Å². The monoisotopic (exact) mass is 418 g/mol. The number of likely N-dealkylation sites (N-methyl/N-ethyl adjacent to an activating group) is 2. The summed E-state index contributed by atoms with van der Waals surface area (Å²) < 4.78 is 44.9. The molecule has 2 aliphatic rings. The van der Waals surface area contributed by atoms with E-state index in [1.165, 1.54) is 4.31 Å². The van der Waals surface area contributed by atoms with Crippen molar-refractivity contribution in [2.24, 2.45) is 0 Å². The Hall–Kier alpha value is -2.45. The molecule has 7 nitrogen and oxygen atoms in total. The number of hydrogen-bond donors (Lipinski definition) is 0. The van der Waals surface area contributed by atoms with Crippen LogP contribution < -0.4 is 19.1 Å². The van der Waals surface area contributed by atoms with Crippen molar-refractivity contribution in [1.29, 1.82) is 0 Å². The Labute approximate surface area is 171 Å². The third-order valence-electron chi connectivity index (χ3n) is 5.19. The Balaban J connectivity index is 1.52. The molecule has 0 radical (unpaired) electrons. The van der Waals surface area contributed by atoms with Crippen molar-refractivity contribution in [1.82, 2.24) is 4.31 Å². The molecule has 0 saturated carbocycles. The molecule has 2 heterocycles. The molecule has 0 bridgehead atoms. The summed E-state index contributed by atoms with van der Waals surface area (Å²) in [5.41, 5.74) is 1.04. The van der Waals surface area contributed by atoms with Gasteiger partial charge in [0.25, 0.3) is 0 Å². The first kappa shape index (κ1) is 19.8. The van der Waals surface area contributed by atoms with Crippen LogP contribution in [0.25, 0.3) is 0 Å². The van der Waals surface area contributed by atoms with E-state index in [1.54, 1.807) is 25.2 Å². The summed E-state index contributed by atoms with van der Waals surface area (Å²) in [5, 5.41) is 0. The number of hydrogen-bond acceptors (Lipinski definition) is 6. The third-order valence-corrected chi connectivity index (χ3v) is 7.01. The van der Waals surface area contributed by atoms with Crippen LogP contribution in [0.2, 0.25) is 0 Å². The topological polar surface area (TPSA) is 68.3 Å². The van der Waals surface area contributed by atoms with Gasteiger partial charge < -0.3 is 19.1 Å². The van der Waals surface area contributed by atoms with Crippen LogP contribution in [0.3, 0.4) is 0 Å². The van der Waals surface area contributed by atoms with E-state index in [-0.39, 0.29) is 17.5 Å². The van der Waals surface area contributed by atoms with Gasteiger partial charge in [-0.15, -0.1) is 0 Å². The zero-order valence-electron chi connectivity index (χ0n) is 16.7. The van der Waals surface area contributed by atoms with Gasteiger partial charge in [0.1, 0.15) is 11.9 Å². The second kappa shape index (κ2) is 8.12. The molecule has 0 amide bonds. The number of fused-ring (bicyclic) bond motifs is 2. The summed E-state index contributed by atoms with van der Waals surface area (Å²) in [7, 11) is -2.10. The zero-order valence-corrected chi connectivity index (χ0v) is 17.5. The van der Waals surface area contributed by atoms with E-state index in [0.717, 1.165) is 24.4 Å². The molecule has 2 aliphatic heterocycles. The van der Waals surface area contributed by atoms with Crippen LogP contribution in [0.15, 0.2) is 47.4 Å². The smallest absolute Gasteiger partial charge is 0.243 e. The number of nitrogens with zero attached hydrogens (tertiary/aromatic N) is 2. The molecular formula is C21H26N2O5S. The minimum Gasteiger partial charge on any atom is -0.490 e. The van der Waals surface area contributed by atoms with E-state index in [1.807, 2.05) is 24.3 Å². The fourth-order valence-corrected chi connectivity index (χ4v) is 4.86. The van der Waals surface area contributed by atoms with Gasteiger partial charge in [-0.2, -0.15) is 4.31 Å². The molecule has 1 atom stereocenters. The lowest BCUT2D eigenvalue weighted by molar-refractivity contribution is 0.171. The van der Waals surface area contributed by atoms with E-state index in [2.05, 4.69) is 11.8 Å². The van der Waals surface area contributed by atoms with Gasteiger partial charge in [0.15, 0.2) is 11.5 Å². The maximum Gasteiger partial charge on any atom is 0.243 e. The van der Waals surface area contributed by atoms with Gasteiger partial charge in [0.2, 0.25) is 10.0 Å². The van der Waals surface area contributed by atoms with E-state index in [0.29, 0.717) is 31.3 Å². The summed E-state index contributed by atoms with van der Waals surface area (Å²) >= 11 is 0. The summed E-state index contributed by atoms with van der Waals surface area (Å²) in [4.78, 5) is 2.39. The number of para-hydroxylation sites is 2. The molecule has 29 heavy (non-hydrogen) atoms. The van der Waals surface area contributed by atoms with Gasteiger partial charge in [-0.3, -0.25) is 0 Å². The highest BCUT2D eigenvalue weighted by molar-refractivity contribution is 7.89. The Bertz CT molecular complexity index is 979. The van der Waals surface area contributed by atoms with Crippen molar-refractivity contribution in [2.75, 3.05) is 44.8 Å². The number of ether oxygens (including phenoxy) is 3. The summed E-state index contributed by atoms with van der Waals surface area (Å²) in [5.74, 6) is 1.83. The second-order valence-corrected chi connectivity index (χ2v) is 9.24. The average molecular weight is 419 g/mol. The van der Waals surface area contributed by atoms with Gasteiger partial charge in [0, 0.05) is 26.1 Å². The van der Waals surface area contributed by atoms with Crippen LogP contribution >= 0.6 is 0 Å². The minimum absolute atomic E-state index is 0.188. The molecule has 0 saturated heterocycles. The maximum atomic E-state index is 13.1. The number of sulfonamides is 1. The maximum absolute atomic E-state index is 13.1. The third kappa shape index (κ3) is 4.00. The molecule has 0 unspecified atom stereocenters. The van der Waals surface area contributed by atoms with Crippen LogP contribution in [0.1, 0.15) is 13.3 Å². The largest absolute Gasteiger partial charge is 0.490 e. The number of anilines is 1. The molecule has 4 rings (SSSR count). The van der Waals surface area contributed by atoms with Crippen LogP contribution in [-0.4, -0.2) is 58.7 Å². The van der Waals surface area contributed by atoms with Gasteiger partial charge in [-0.25, -0.2) is 8.42 Å². The van der Waals surface area contributed by atoms with Gasteiger partial charge >= 0.3 is 0 Å². The first-order valence-corrected chi connectivity index (χ1v) is 11.3. The van der Waals surface area contributed by atoms with E-state index in [9.17, 15) is 8.42 Å². The molecule has 2 aromatic rings. The van der Waals surface area contributed by atoms with E-state index >= 15 is 0 Å². The lowest BCUT2D eigenvalue weighted by Crippen LogP contribution is -2.46. The highest BCUT2D eigenvalue weighted by Gasteiger charge is 2.30. The fraction of sp³-hybridized carbons (Fsp3) is 0.429. The summed E-state index contributed by atoms with van der Waals surface area (Å²) in [6.07, 6.45) is 0.510. The Morgan fingerprint density at radius 1 is 1.07 bits per heavy atom. The minimum atomic E-state index is -3.69. The van der Waals surface area contributed by atoms with Gasteiger partial charge in [0.05, 0.1) is 36.9 Å². The SMILES string of the molecule is CCN1C[C@H](CN(C)S(=O)(=O)c2ccc3c(c2)OCCCO3)Oc2ccccc21.